The highest BCUT2D eigenvalue weighted by Gasteiger charge is 2.09. The minimum atomic E-state index is 0.504. The minimum Gasteiger partial charge on any atom is -0.397 e. The maximum Gasteiger partial charge on any atom is 0.171 e. The fourth-order valence-electron chi connectivity index (χ4n) is 5.46. The lowest BCUT2D eigenvalue weighted by molar-refractivity contribution is -0.698. The number of hydrogen-bond donors (Lipinski definition) is 4. The predicted octanol–water partition coefficient (Wildman–Crippen LogP) is 7.99. The van der Waals surface area contributed by atoms with Gasteiger partial charge in [0.25, 0.3) is 0 Å². The number of hydrogen-bond acceptors (Lipinski definition) is 8. The van der Waals surface area contributed by atoms with Crippen LogP contribution in [0.15, 0.2) is 130 Å². The molecule has 0 aliphatic heterocycles. The molecule has 6 rings (SSSR count). The molecule has 10 heteroatoms. The van der Waals surface area contributed by atoms with Crippen molar-refractivity contribution in [3.8, 4) is 0 Å². The average Bonchev–Trinajstić information content (AvgIpc) is 3.09. The van der Waals surface area contributed by atoms with E-state index in [1.165, 1.54) is 0 Å². The number of azo groups is 2. The van der Waals surface area contributed by atoms with Crippen LogP contribution in [0, 0.1) is 0 Å². The number of aryl methyl sites for hydroxylation is 2. The Balaban J connectivity index is 0.941. The van der Waals surface area contributed by atoms with E-state index in [0.29, 0.717) is 34.1 Å². The van der Waals surface area contributed by atoms with E-state index in [-0.39, 0.29) is 0 Å². The number of unbranched alkanes of at least 4 members (excludes halogenated alkanes) is 3. The lowest BCUT2D eigenvalue weighted by atomic mass is 10.1. The zero-order valence-corrected chi connectivity index (χ0v) is 25.6. The first-order valence-electron chi connectivity index (χ1n) is 15.4. The van der Waals surface area contributed by atoms with Gasteiger partial charge in [0.05, 0.1) is 45.5 Å². The molecule has 2 aromatic heterocycles. The molecule has 2 heterocycles. The first-order chi connectivity index (χ1) is 22.5. The van der Waals surface area contributed by atoms with Crippen molar-refractivity contribution in [2.45, 2.75) is 38.8 Å². The van der Waals surface area contributed by atoms with E-state index in [2.05, 4.69) is 29.6 Å². The number of benzene rings is 4. The third-order valence-corrected chi connectivity index (χ3v) is 8.07. The molecule has 0 amide bonds. The van der Waals surface area contributed by atoms with Crippen molar-refractivity contribution in [3.05, 3.63) is 110 Å². The van der Waals surface area contributed by atoms with Crippen molar-refractivity contribution in [3.63, 3.8) is 0 Å². The van der Waals surface area contributed by atoms with Crippen LogP contribution in [0.1, 0.15) is 25.7 Å². The van der Waals surface area contributed by atoms with Gasteiger partial charge in [0.15, 0.2) is 24.8 Å². The third-order valence-electron chi connectivity index (χ3n) is 8.07. The standard InChI is InChI=1S/C36H36N10/c37-31-23-33(27-9-3-5-11-29(27)35(31)39)43-41-25-13-19-45(20-14-25)17-7-1-2-8-18-46-21-15-26(16-22-46)42-44-34-24-32(38)36(40)30-12-6-4-10-28(30)34/h3-6,9-16,19-24,39-40H,1-2,7-8,17-18H2,(H4,37,38,43,44)/p+2. The second kappa shape index (κ2) is 13.8. The summed E-state index contributed by atoms with van der Waals surface area (Å²) < 4.78 is 4.36. The number of nitrogens with zero attached hydrogens (tertiary/aromatic N) is 6. The van der Waals surface area contributed by atoms with E-state index in [1.54, 1.807) is 12.1 Å². The molecule has 0 atom stereocenters. The Kier molecular flexibility index (Phi) is 9.05. The molecule has 230 valence electrons. The Morgan fingerprint density at radius 2 is 0.804 bits per heavy atom. The molecule has 0 saturated heterocycles. The van der Waals surface area contributed by atoms with Gasteiger partial charge in [0.1, 0.15) is 13.1 Å². The summed E-state index contributed by atoms with van der Waals surface area (Å²) in [5, 5.41) is 21.4. The predicted molar refractivity (Wildman–Crippen MR) is 186 cm³/mol. The molecule has 0 spiro atoms. The maximum absolute atomic E-state index is 6.14. The van der Waals surface area contributed by atoms with Crippen molar-refractivity contribution in [1.82, 2.24) is 0 Å². The monoisotopic (exact) mass is 610 g/mol. The van der Waals surface area contributed by atoms with Gasteiger partial charge in [-0.25, -0.2) is 9.13 Å². The van der Waals surface area contributed by atoms with Gasteiger partial charge in [-0.2, -0.15) is 10.2 Å². The van der Waals surface area contributed by atoms with Gasteiger partial charge in [0, 0.05) is 58.7 Å². The average molecular weight is 611 g/mol. The van der Waals surface area contributed by atoms with E-state index in [0.717, 1.165) is 71.7 Å². The molecule has 0 aliphatic carbocycles. The summed E-state index contributed by atoms with van der Waals surface area (Å²) in [6.45, 7) is 1.91. The Morgan fingerprint density at radius 3 is 1.20 bits per heavy atom. The Morgan fingerprint density at radius 1 is 0.435 bits per heavy atom. The minimum absolute atomic E-state index is 0.504. The Hall–Kier alpha value is -5.90. The molecule has 0 fully saturated rings. The molecule has 4 aromatic carbocycles. The summed E-state index contributed by atoms with van der Waals surface area (Å²) in [4.78, 5) is 0. The number of nitrogens with two attached hydrogens (primary N) is 4. The SMILES string of the molecule is Nc1cc(N=Nc2cc[n+](CCCCCC[n+]3ccc(N=Nc4cc(N)c(N)c5ccccc45)cc3)cc2)c2ccccc2c1N. The van der Waals surface area contributed by atoms with Gasteiger partial charge >= 0.3 is 0 Å². The highest BCUT2D eigenvalue weighted by Crippen LogP contribution is 2.37. The lowest BCUT2D eigenvalue weighted by Gasteiger charge is -2.07. The molecule has 0 unspecified atom stereocenters. The fourth-order valence-corrected chi connectivity index (χ4v) is 5.46. The second-order valence-corrected chi connectivity index (χ2v) is 11.3. The summed E-state index contributed by atoms with van der Waals surface area (Å²) in [5.74, 6) is 0. The number of anilines is 4. The van der Waals surface area contributed by atoms with Gasteiger partial charge in [-0.15, -0.1) is 10.2 Å². The fraction of sp³-hybridized carbons (Fsp3) is 0.167. The molecule has 0 saturated carbocycles. The number of pyridine rings is 2. The summed E-state index contributed by atoms with van der Waals surface area (Å²) in [6, 6.07) is 27.1. The van der Waals surface area contributed by atoms with Gasteiger partial charge in [-0.1, -0.05) is 48.5 Å². The van der Waals surface area contributed by atoms with Crippen LogP contribution in [0.5, 0.6) is 0 Å². The van der Waals surface area contributed by atoms with Crippen LogP contribution in [0.4, 0.5) is 45.5 Å². The highest BCUT2D eigenvalue weighted by molar-refractivity contribution is 6.05. The van der Waals surface area contributed by atoms with Gasteiger partial charge in [0.2, 0.25) is 0 Å². The van der Waals surface area contributed by atoms with E-state index < -0.39 is 0 Å². The lowest BCUT2D eigenvalue weighted by Crippen LogP contribution is -2.33. The molecule has 10 nitrogen and oxygen atoms in total. The van der Waals surface area contributed by atoms with Crippen molar-refractivity contribution < 1.29 is 9.13 Å². The number of rotatable bonds is 11. The van der Waals surface area contributed by atoms with Crippen LogP contribution in [0.25, 0.3) is 21.5 Å². The van der Waals surface area contributed by atoms with Crippen LogP contribution in [0.2, 0.25) is 0 Å². The Labute approximate surface area is 267 Å². The largest absolute Gasteiger partial charge is 0.397 e. The van der Waals surface area contributed by atoms with Crippen LogP contribution in [-0.2, 0) is 13.1 Å². The molecule has 8 N–H and O–H groups in total. The quantitative estimate of drug-likeness (QED) is 0.0506. The van der Waals surface area contributed by atoms with E-state index in [1.807, 2.05) is 97.6 Å². The molecule has 0 aliphatic rings. The molecular weight excluding hydrogens is 572 g/mol. The van der Waals surface area contributed by atoms with Gasteiger partial charge in [-0.05, 0) is 25.0 Å². The van der Waals surface area contributed by atoms with Crippen molar-refractivity contribution >= 4 is 67.0 Å². The topological polar surface area (TPSA) is 161 Å². The van der Waals surface area contributed by atoms with Crippen molar-refractivity contribution in [1.29, 1.82) is 0 Å². The normalized spacial score (nSPS) is 11.7. The van der Waals surface area contributed by atoms with Crippen molar-refractivity contribution in [2.24, 2.45) is 20.5 Å². The van der Waals surface area contributed by atoms with Crippen LogP contribution < -0.4 is 32.1 Å². The zero-order chi connectivity index (χ0) is 31.9. The van der Waals surface area contributed by atoms with Crippen LogP contribution in [0.3, 0.4) is 0 Å². The highest BCUT2D eigenvalue weighted by atomic mass is 15.1. The van der Waals surface area contributed by atoms with Crippen LogP contribution >= 0.6 is 0 Å². The van der Waals surface area contributed by atoms with E-state index in [9.17, 15) is 0 Å². The van der Waals surface area contributed by atoms with Gasteiger partial charge in [-0.3, -0.25) is 0 Å². The molecule has 0 bridgehead atoms. The maximum atomic E-state index is 6.14. The van der Waals surface area contributed by atoms with Crippen molar-refractivity contribution in [2.75, 3.05) is 22.9 Å². The Bertz CT molecular complexity index is 1890. The number of nitrogen functional groups attached to an aromatic ring is 4. The summed E-state index contributed by atoms with van der Waals surface area (Å²) >= 11 is 0. The van der Waals surface area contributed by atoms with Crippen LogP contribution in [-0.4, -0.2) is 0 Å². The summed E-state index contributed by atoms with van der Waals surface area (Å²) in [6.07, 6.45) is 12.7. The van der Waals surface area contributed by atoms with Gasteiger partial charge < -0.3 is 22.9 Å². The smallest absolute Gasteiger partial charge is 0.171 e. The molecule has 46 heavy (non-hydrogen) atoms. The first kappa shape index (κ1) is 30.1. The third kappa shape index (κ3) is 6.91. The summed E-state index contributed by atoms with van der Waals surface area (Å²) in [7, 11) is 0. The second-order valence-electron chi connectivity index (χ2n) is 11.3. The molecular formula is C36H38N10+2. The molecule has 6 aromatic rings. The number of fused-ring (bicyclic) bond motifs is 2. The zero-order valence-electron chi connectivity index (χ0n) is 25.6. The molecule has 0 radical (unpaired) electrons. The van der Waals surface area contributed by atoms with E-state index >= 15 is 0 Å². The first-order valence-corrected chi connectivity index (χ1v) is 15.4. The van der Waals surface area contributed by atoms with E-state index in [4.69, 9.17) is 22.9 Å². The summed E-state index contributed by atoms with van der Waals surface area (Å²) in [5.41, 5.74) is 29.6. The number of aromatic nitrogens is 2.